The number of nitrogen functional groups attached to an aromatic ring is 1. The summed E-state index contributed by atoms with van der Waals surface area (Å²) in [6.45, 7) is 0.496. The molecule has 0 spiro atoms. The number of rotatable bonds is 3. The molecule has 0 aliphatic carbocycles. The molecule has 0 fully saturated rings. The predicted molar refractivity (Wildman–Crippen MR) is 84.7 cm³/mol. The summed E-state index contributed by atoms with van der Waals surface area (Å²) in [5.74, 6) is -0.242. The standard InChI is InChI=1S/C17H16FN3/c1-21(17-9-5-3-7-14(17)18)11-12-10-15(19)13-6-2-4-8-16(13)20-12/h2-10H,11H2,1H3,(H2,19,20). The average Bonchev–Trinajstić information content (AvgIpc) is 2.47. The van der Waals surface area contributed by atoms with E-state index in [1.165, 1.54) is 6.07 Å². The summed E-state index contributed by atoms with van der Waals surface area (Å²) in [6.07, 6.45) is 0. The lowest BCUT2D eigenvalue weighted by Crippen LogP contribution is -2.18. The summed E-state index contributed by atoms with van der Waals surface area (Å²) in [7, 11) is 1.84. The first-order valence-electron chi connectivity index (χ1n) is 6.75. The van der Waals surface area contributed by atoms with Gasteiger partial charge in [0.05, 0.1) is 23.4 Å². The summed E-state index contributed by atoms with van der Waals surface area (Å²) in [4.78, 5) is 6.41. The Morgan fingerprint density at radius 3 is 2.62 bits per heavy atom. The lowest BCUT2D eigenvalue weighted by molar-refractivity contribution is 0.622. The molecule has 106 valence electrons. The van der Waals surface area contributed by atoms with E-state index in [4.69, 9.17) is 5.73 Å². The van der Waals surface area contributed by atoms with Crippen molar-refractivity contribution in [3.8, 4) is 0 Å². The van der Waals surface area contributed by atoms with E-state index in [-0.39, 0.29) is 5.82 Å². The van der Waals surface area contributed by atoms with Crippen LogP contribution in [0, 0.1) is 5.82 Å². The second kappa shape index (κ2) is 5.40. The molecule has 0 aliphatic heterocycles. The van der Waals surface area contributed by atoms with Crippen LogP contribution in [0.4, 0.5) is 15.8 Å². The second-order valence-corrected chi connectivity index (χ2v) is 5.03. The monoisotopic (exact) mass is 281 g/mol. The van der Waals surface area contributed by atoms with Crippen LogP contribution in [0.1, 0.15) is 5.69 Å². The minimum absolute atomic E-state index is 0.242. The fourth-order valence-corrected chi connectivity index (χ4v) is 2.43. The van der Waals surface area contributed by atoms with Crippen molar-refractivity contribution in [3.05, 3.63) is 66.1 Å². The smallest absolute Gasteiger partial charge is 0.146 e. The molecule has 2 aromatic carbocycles. The lowest BCUT2D eigenvalue weighted by atomic mass is 10.1. The van der Waals surface area contributed by atoms with Crippen LogP contribution >= 0.6 is 0 Å². The summed E-state index contributed by atoms with van der Waals surface area (Å²) >= 11 is 0. The number of nitrogens with zero attached hydrogens (tertiary/aromatic N) is 2. The van der Waals surface area contributed by atoms with Crippen molar-refractivity contribution in [1.29, 1.82) is 0 Å². The van der Waals surface area contributed by atoms with Crippen LogP contribution in [0.15, 0.2) is 54.6 Å². The van der Waals surface area contributed by atoms with Gasteiger partial charge in [0.1, 0.15) is 5.82 Å². The van der Waals surface area contributed by atoms with E-state index >= 15 is 0 Å². The number of anilines is 2. The molecule has 1 heterocycles. The first-order valence-corrected chi connectivity index (χ1v) is 6.75. The molecule has 1 aromatic heterocycles. The van der Waals surface area contributed by atoms with Crippen molar-refractivity contribution in [3.63, 3.8) is 0 Å². The molecule has 0 atom stereocenters. The topological polar surface area (TPSA) is 42.1 Å². The number of pyridine rings is 1. The molecule has 3 nitrogen and oxygen atoms in total. The Hall–Kier alpha value is -2.62. The third kappa shape index (κ3) is 2.65. The predicted octanol–water partition coefficient (Wildman–Crippen LogP) is 3.59. The van der Waals surface area contributed by atoms with Crippen LogP contribution in [-0.4, -0.2) is 12.0 Å². The maximum atomic E-state index is 13.8. The van der Waals surface area contributed by atoms with E-state index in [2.05, 4.69) is 4.98 Å². The van der Waals surface area contributed by atoms with Crippen molar-refractivity contribution >= 4 is 22.3 Å². The van der Waals surface area contributed by atoms with Gasteiger partial charge >= 0.3 is 0 Å². The molecule has 0 radical (unpaired) electrons. The van der Waals surface area contributed by atoms with Gasteiger partial charge in [0.2, 0.25) is 0 Å². The van der Waals surface area contributed by atoms with Gasteiger partial charge in [-0.15, -0.1) is 0 Å². The molecule has 2 N–H and O–H groups in total. The van der Waals surface area contributed by atoms with E-state index in [9.17, 15) is 4.39 Å². The molecule has 0 saturated heterocycles. The highest BCUT2D eigenvalue weighted by molar-refractivity contribution is 5.90. The van der Waals surface area contributed by atoms with Gasteiger partial charge in [-0.1, -0.05) is 30.3 Å². The fraction of sp³-hybridized carbons (Fsp3) is 0.118. The molecular formula is C17H16FN3. The molecule has 0 unspecified atom stereocenters. The zero-order valence-electron chi connectivity index (χ0n) is 11.8. The highest BCUT2D eigenvalue weighted by atomic mass is 19.1. The lowest BCUT2D eigenvalue weighted by Gasteiger charge is -2.20. The molecule has 3 aromatic rings. The van der Waals surface area contributed by atoms with Gasteiger partial charge in [-0.05, 0) is 24.3 Å². The first-order chi connectivity index (χ1) is 10.1. The Kier molecular flexibility index (Phi) is 3.44. The van der Waals surface area contributed by atoms with Gasteiger partial charge in [-0.3, -0.25) is 4.98 Å². The van der Waals surface area contributed by atoms with Crippen molar-refractivity contribution in [2.24, 2.45) is 0 Å². The van der Waals surface area contributed by atoms with Gasteiger partial charge in [-0.25, -0.2) is 4.39 Å². The van der Waals surface area contributed by atoms with Crippen molar-refractivity contribution in [1.82, 2.24) is 4.98 Å². The largest absolute Gasteiger partial charge is 0.398 e. The molecular weight excluding hydrogens is 265 g/mol. The second-order valence-electron chi connectivity index (χ2n) is 5.03. The van der Waals surface area contributed by atoms with Crippen LogP contribution in [0.25, 0.3) is 10.9 Å². The Bertz CT molecular complexity index is 786. The Labute approximate surface area is 122 Å². The molecule has 3 rings (SSSR count). The number of aromatic nitrogens is 1. The van der Waals surface area contributed by atoms with Crippen molar-refractivity contribution in [2.45, 2.75) is 6.54 Å². The van der Waals surface area contributed by atoms with Gasteiger partial charge < -0.3 is 10.6 Å². The van der Waals surface area contributed by atoms with E-state index in [0.717, 1.165) is 16.6 Å². The van der Waals surface area contributed by atoms with Crippen LogP contribution < -0.4 is 10.6 Å². The first kappa shape index (κ1) is 13.4. The zero-order valence-corrected chi connectivity index (χ0v) is 11.8. The van der Waals surface area contributed by atoms with Crippen LogP contribution in [0.3, 0.4) is 0 Å². The Morgan fingerprint density at radius 1 is 1.10 bits per heavy atom. The third-order valence-corrected chi connectivity index (χ3v) is 3.46. The Morgan fingerprint density at radius 2 is 1.81 bits per heavy atom. The number of nitrogens with two attached hydrogens (primary N) is 1. The minimum Gasteiger partial charge on any atom is -0.398 e. The highest BCUT2D eigenvalue weighted by Gasteiger charge is 2.09. The molecule has 0 bridgehead atoms. The van der Waals surface area contributed by atoms with Crippen molar-refractivity contribution in [2.75, 3.05) is 17.7 Å². The van der Waals surface area contributed by atoms with Crippen molar-refractivity contribution < 1.29 is 4.39 Å². The van der Waals surface area contributed by atoms with E-state index < -0.39 is 0 Å². The van der Waals surface area contributed by atoms with E-state index in [1.807, 2.05) is 48.3 Å². The summed E-state index contributed by atoms with van der Waals surface area (Å²) in [5.41, 5.74) is 8.98. The van der Waals surface area contributed by atoms with Gasteiger partial charge in [-0.2, -0.15) is 0 Å². The molecule has 0 amide bonds. The molecule has 0 saturated carbocycles. The highest BCUT2D eigenvalue weighted by Crippen LogP contribution is 2.23. The SMILES string of the molecule is CN(Cc1cc(N)c2ccccc2n1)c1ccccc1F. The normalized spacial score (nSPS) is 10.8. The van der Waals surface area contributed by atoms with Crippen LogP contribution in [-0.2, 0) is 6.54 Å². The Balaban J connectivity index is 1.93. The number of fused-ring (bicyclic) bond motifs is 1. The summed E-state index contributed by atoms with van der Waals surface area (Å²) in [5, 5.41) is 0.940. The maximum absolute atomic E-state index is 13.8. The third-order valence-electron chi connectivity index (χ3n) is 3.46. The van der Waals surface area contributed by atoms with E-state index in [0.29, 0.717) is 17.9 Å². The molecule has 21 heavy (non-hydrogen) atoms. The molecule has 4 heteroatoms. The summed E-state index contributed by atoms with van der Waals surface area (Å²) < 4.78 is 13.8. The van der Waals surface area contributed by atoms with Crippen LogP contribution in [0.2, 0.25) is 0 Å². The average molecular weight is 281 g/mol. The quantitative estimate of drug-likeness (QED) is 0.797. The van der Waals surface area contributed by atoms with Gasteiger partial charge in [0.25, 0.3) is 0 Å². The van der Waals surface area contributed by atoms with E-state index in [1.54, 1.807) is 12.1 Å². The zero-order chi connectivity index (χ0) is 14.8. The number of benzene rings is 2. The van der Waals surface area contributed by atoms with Gasteiger partial charge in [0, 0.05) is 18.1 Å². The molecule has 0 aliphatic rings. The maximum Gasteiger partial charge on any atom is 0.146 e. The fourth-order valence-electron chi connectivity index (χ4n) is 2.43. The summed E-state index contributed by atoms with van der Waals surface area (Å²) in [6, 6.07) is 16.3. The van der Waals surface area contributed by atoms with Gasteiger partial charge in [0.15, 0.2) is 0 Å². The number of para-hydroxylation sites is 2. The van der Waals surface area contributed by atoms with Crippen LogP contribution in [0.5, 0.6) is 0 Å². The minimum atomic E-state index is -0.242. The number of halogens is 1. The number of hydrogen-bond donors (Lipinski definition) is 1. The number of hydrogen-bond acceptors (Lipinski definition) is 3.